The summed E-state index contributed by atoms with van der Waals surface area (Å²) in [6.45, 7) is 3.38. The number of alkyl halides is 3. The highest BCUT2D eigenvalue weighted by molar-refractivity contribution is 7.89. The lowest BCUT2D eigenvalue weighted by molar-refractivity contribution is -0.137. The summed E-state index contributed by atoms with van der Waals surface area (Å²) >= 11 is 5.85. The molecule has 0 saturated carbocycles. The van der Waals surface area contributed by atoms with E-state index in [-0.39, 0.29) is 23.3 Å². The predicted molar refractivity (Wildman–Crippen MR) is 89.2 cm³/mol. The first-order valence-electron chi connectivity index (χ1n) is 7.27. The molecule has 0 bridgehead atoms. The molecule has 1 aromatic rings. The fraction of sp³-hybridized carbons (Fsp3) is 0.571. The number of rotatable bonds is 5. The minimum absolute atomic E-state index is 0. The minimum Gasteiger partial charge on any atom is -0.315 e. The maximum absolute atomic E-state index is 12.8. The quantitative estimate of drug-likeness (QED) is 0.813. The Kier molecular flexibility index (Phi) is 7.37. The molecule has 10 heteroatoms. The van der Waals surface area contributed by atoms with E-state index in [0.29, 0.717) is 38.5 Å². The Labute approximate surface area is 150 Å². The van der Waals surface area contributed by atoms with E-state index in [4.69, 9.17) is 11.6 Å². The molecule has 1 fully saturated rings. The normalized spacial score (nSPS) is 18.7. The average Bonchev–Trinajstić information content (AvgIpc) is 2.96. The van der Waals surface area contributed by atoms with Gasteiger partial charge in [-0.2, -0.15) is 17.5 Å². The van der Waals surface area contributed by atoms with Crippen LogP contribution in [0.15, 0.2) is 23.1 Å². The number of halogens is 5. The Hall–Kier alpha value is -0.540. The standard InChI is InChI=1S/C14H18ClF3N2O2S.ClH/c1-2-7-20(11-5-6-19-9-11)23(21,22)13-4-3-10(8-12(13)15)14(16,17)18;/h3-4,8,11,19H,2,5-7,9H2,1H3;1H. The van der Waals surface area contributed by atoms with Crippen molar-refractivity contribution in [3.63, 3.8) is 0 Å². The zero-order valence-electron chi connectivity index (χ0n) is 12.9. The molecule has 0 amide bonds. The lowest BCUT2D eigenvalue weighted by Crippen LogP contribution is -2.42. The van der Waals surface area contributed by atoms with Crippen LogP contribution in [0.3, 0.4) is 0 Å². The zero-order chi connectivity index (χ0) is 17.3. The minimum atomic E-state index is -4.57. The third kappa shape index (κ3) is 4.54. The van der Waals surface area contributed by atoms with Crippen LogP contribution in [0.4, 0.5) is 13.2 Å². The second-order valence-electron chi connectivity index (χ2n) is 5.41. The Bertz CT molecular complexity index is 662. The van der Waals surface area contributed by atoms with Gasteiger partial charge in [-0.15, -0.1) is 12.4 Å². The first-order chi connectivity index (χ1) is 10.7. The molecule has 24 heavy (non-hydrogen) atoms. The molecule has 1 aliphatic heterocycles. The Balaban J connectivity index is 0.00000288. The van der Waals surface area contributed by atoms with E-state index in [1.807, 2.05) is 6.92 Å². The van der Waals surface area contributed by atoms with Gasteiger partial charge in [0.15, 0.2) is 0 Å². The van der Waals surface area contributed by atoms with E-state index in [1.165, 1.54) is 4.31 Å². The summed E-state index contributed by atoms with van der Waals surface area (Å²) in [5, 5.41) is 2.68. The van der Waals surface area contributed by atoms with Gasteiger partial charge < -0.3 is 5.32 Å². The summed E-state index contributed by atoms with van der Waals surface area (Å²) in [6.07, 6.45) is -3.30. The summed E-state index contributed by atoms with van der Waals surface area (Å²) < 4.78 is 65.1. The molecule has 1 aliphatic rings. The number of hydrogen-bond acceptors (Lipinski definition) is 3. The predicted octanol–water partition coefficient (Wildman–Crippen LogP) is 3.54. The molecule has 0 aromatic heterocycles. The van der Waals surface area contributed by atoms with Gasteiger partial charge in [-0.25, -0.2) is 8.42 Å². The summed E-state index contributed by atoms with van der Waals surface area (Å²) in [5.41, 5.74) is -0.967. The highest BCUT2D eigenvalue weighted by atomic mass is 35.5. The van der Waals surface area contributed by atoms with Gasteiger partial charge in [0, 0.05) is 19.1 Å². The molecule has 1 unspecified atom stereocenters. The molecule has 138 valence electrons. The fourth-order valence-electron chi connectivity index (χ4n) is 2.62. The summed E-state index contributed by atoms with van der Waals surface area (Å²) in [4.78, 5) is -0.285. The fourth-order valence-corrected chi connectivity index (χ4v) is 4.88. The first-order valence-corrected chi connectivity index (χ1v) is 9.09. The van der Waals surface area contributed by atoms with Crippen LogP contribution in [0.25, 0.3) is 0 Å². The van der Waals surface area contributed by atoms with Gasteiger partial charge in [0.1, 0.15) is 4.90 Å². The molecule has 1 atom stereocenters. The van der Waals surface area contributed by atoms with Gasteiger partial charge in [0.05, 0.1) is 10.6 Å². The van der Waals surface area contributed by atoms with Gasteiger partial charge in [0.2, 0.25) is 10.0 Å². The van der Waals surface area contributed by atoms with Crippen molar-refractivity contribution in [2.75, 3.05) is 19.6 Å². The van der Waals surface area contributed by atoms with Gasteiger partial charge in [0.25, 0.3) is 0 Å². The molecule has 0 radical (unpaired) electrons. The maximum atomic E-state index is 12.8. The van der Waals surface area contributed by atoms with Crippen molar-refractivity contribution in [3.8, 4) is 0 Å². The van der Waals surface area contributed by atoms with Crippen LogP contribution < -0.4 is 5.32 Å². The van der Waals surface area contributed by atoms with Crippen LogP contribution in [0, 0.1) is 0 Å². The Morgan fingerprint density at radius 1 is 1.38 bits per heavy atom. The van der Waals surface area contributed by atoms with Crippen molar-refractivity contribution in [3.05, 3.63) is 28.8 Å². The van der Waals surface area contributed by atoms with Crippen molar-refractivity contribution >= 4 is 34.0 Å². The first kappa shape index (κ1) is 21.5. The third-order valence-corrected chi connectivity index (χ3v) is 6.17. The summed E-state index contributed by atoms with van der Waals surface area (Å²) in [6, 6.07) is 2.13. The largest absolute Gasteiger partial charge is 0.416 e. The zero-order valence-corrected chi connectivity index (χ0v) is 15.3. The van der Waals surface area contributed by atoms with Gasteiger partial charge in [-0.1, -0.05) is 18.5 Å². The lowest BCUT2D eigenvalue weighted by atomic mass is 10.2. The van der Waals surface area contributed by atoms with Gasteiger partial charge >= 0.3 is 6.18 Å². The molecule has 0 aliphatic carbocycles. The molecular formula is C14H19Cl2F3N2O2S. The average molecular weight is 407 g/mol. The molecule has 1 heterocycles. The van der Waals surface area contributed by atoms with Crippen molar-refractivity contribution in [2.24, 2.45) is 0 Å². The topological polar surface area (TPSA) is 49.4 Å². The number of hydrogen-bond donors (Lipinski definition) is 1. The molecule has 0 spiro atoms. The lowest BCUT2D eigenvalue weighted by Gasteiger charge is -2.27. The number of benzene rings is 1. The van der Waals surface area contributed by atoms with Crippen molar-refractivity contribution in [2.45, 2.75) is 36.9 Å². The maximum Gasteiger partial charge on any atom is 0.416 e. The van der Waals surface area contributed by atoms with Crippen LogP contribution in [-0.4, -0.2) is 38.4 Å². The van der Waals surface area contributed by atoms with Crippen molar-refractivity contribution in [1.82, 2.24) is 9.62 Å². The van der Waals surface area contributed by atoms with E-state index in [9.17, 15) is 21.6 Å². The number of sulfonamides is 1. The Morgan fingerprint density at radius 2 is 2.04 bits per heavy atom. The molecule has 1 N–H and O–H groups in total. The molecular weight excluding hydrogens is 388 g/mol. The van der Waals surface area contributed by atoms with Crippen molar-refractivity contribution < 1.29 is 21.6 Å². The van der Waals surface area contributed by atoms with E-state index in [1.54, 1.807) is 0 Å². The van der Waals surface area contributed by atoms with Crippen LogP contribution in [0.5, 0.6) is 0 Å². The molecule has 1 aromatic carbocycles. The highest BCUT2D eigenvalue weighted by Gasteiger charge is 2.36. The number of nitrogens with one attached hydrogen (secondary N) is 1. The van der Waals surface area contributed by atoms with Crippen LogP contribution in [0.1, 0.15) is 25.3 Å². The van der Waals surface area contributed by atoms with Crippen LogP contribution >= 0.6 is 24.0 Å². The second-order valence-corrected chi connectivity index (χ2v) is 7.67. The monoisotopic (exact) mass is 406 g/mol. The van der Waals surface area contributed by atoms with Crippen LogP contribution in [-0.2, 0) is 16.2 Å². The third-order valence-electron chi connectivity index (χ3n) is 3.73. The molecule has 1 saturated heterocycles. The molecule has 4 nitrogen and oxygen atoms in total. The SMILES string of the molecule is CCCN(C1CCNC1)S(=O)(=O)c1ccc(C(F)(F)F)cc1Cl.Cl. The van der Waals surface area contributed by atoms with Gasteiger partial charge in [-0.3, -0.25) is 0 Å². The van der Waals surface area contributed by atoms with E-state index >= 15 is 0 Å². The van der Waals surface area contributed by atoms with Crippen LogP contribution in [0.2, 0.25) is 5.02 Å². The number of nitrogens with zero attached hydrogens (tertiary/aromatic N) is 1. The van der Waals surface area contributed by atoms with E-state index < -0.39 is 26.8 Å². The highest BCUT2D eigenvalue weighted by Crippen LogP contribution is 2.34. The summed E-state index contributed by atoms with van der Waals surface area (Å²) in [7, 11) is -3.95. The second kappa shape index (κ2) is 8.23. The van der Waals surface area contributed by atoms with Crippen molar-refractivity contribution in [1.29, 1.82) is 0 Å². The Morgan fingerprint density at radius 3 is 2.50 bits per heavy atom. The molecule has 2 rings (SSSR count). The summed E-state index contributed by atoms with van der Waals surface area (Å²) in [5.74, 6) is 0. The smallest absolute Gasteiger partial charge is 0.315 e. The van der Waals surface area contributed by atoms with Gasteiger partial charge in [-0.05, 0) is 37.6 Å². The van der Waals surface area contributed by atoms with E-state index in [0.717, 1.165) is 12.1 Å². The van der Waals surface area contributed by atoms with E-state index in [2.05, 4.69) is 5.32 Å².